The molecule has 0 amide bonds. The SMILES string of the molecule is CC1CC(Nc2ccc(F)cc2[N+](=O)[O-])CS1. The van der Waals surface area contributed by atoms with Gasteiger partial charge in [-0.15, -0.1) is 0 Å². The number of benzene rings is 1. The van der Waals surface area contributed by atoms with Crippen molar-refractivity contribution in [2.75, 3.05) is 11.1 Å². The molecule has 2 atom stereocenters. The van der Waals surface area contributed by atoms with Crippen molar-refractivity contribution < 1.29 is 9.31 Å². The maximum atomic E-state index is 12.9. The number of nitrogens with zero attached hydrogens (tertiary/aromatic N) is 1. The summed E-state index contributed by atoms with van der Waals surface area (Å²) in [6.07, 6.45) is 0.971. The highest BCUT2D eigenvalue weighted by atomic mass is 32.2. The number of nitro benzene ring substituents is 1. The molecule has 2 unspecified atom stereocenters. The number of thioether (sulfide) groups is 1. The zero-order valence-electron chi connectivity index (χ0n) is 9.35. The minimum atomic E-state index is -0.587. The smallest absolute Gasteiger partial charge is 0.295 e. The molecule has 1 N–H and O–H groups in total. The van der Waals surface area contributed by atoms with Crippen molar-refractivity contribution in [3.8, 4) is 0 Å². The van der Waals surface area contributed by atoms with Crippen molar-refractivity contribution >= 4 is 23.1 Å². The summed E-state index contributed by atoms with van der Waals surface area (Å²) in [5.41, 5.74) is 0.200. The Hall–Kier alpha value is -1.30. The summed E-state index contributed by atoms with van der Waals surface area (Å²) in [5.74, 6) is 0.340. The Bertz CT molecular complexity index is 441. The monoisotopic (exact) mass is 256 g/mol. The lowest BCUT2D eigenvalue weighted by molar-refractivity contribution is -0.384. The summed E-state index contributed by atoms with van der Waals surface area (Å²) in [7, 11) is 0. The second-order valence-corrected chi connectivity index (χ2v) is 5.61. The van der Waals surface area contributed by atoms with Gasteiger partial charge in [0.1, 0.15) is 11.5 Å². The van der Waals surface area contributed by atoms with Crippen molar-refractivity contribution in [1.29, 1.82) is 0 Å². The van der Waals surface area contributed by atoms with E-state index in [1.54, 1.807) is 0 Å². The van der Waals surface area contributed by atoms with Gasteiger partial charge in [0, 0.05) is 17.0 Å². The number of halogens is 1. The van der Waals surface area contributed by atoms with E-state index in [0.29, 0.717) is 10.9 Å². The van der Waals surface area contributed by atoms with Crippen LogP contribution in [0.15, 0.2) is 18.2 Å². The third kappa shape index (κ3) is 2.88. The van der Waals surface area contributed by atoms with Crippen molar-refractivity contribution in [3.63, 3.8) is 0 Å². The topological polar surface area (TPSA) is 55.2 Å². The zero-order valence-corrected chi connectivity index (χ0v) is 10.2. The van der Waals surface area contributed by atoms with Crippen LogP contribution in [0.1, 0.15) is 13.3 Å². The first-order valence-corrected chi connectivity index (χ1v) is 6.43. The normalized spacial score (nSPS) is 23.6. The van der Waals surface area contributed by atoms with E-state index in [2.05, 4.69) is 12.2 Å². The fourth-order valence-electron chi connectivity index (χ4n) is 1.92. The number of rotatable bonds is 3. The first-order chi connectivity index (χ1) is 8.06. The summed E-state index contributed by atoms with van der Waals surface area (Å²) >= 11 is 1.84. The quantitative estimate of drug-likeness (QED) is 0.667. The average molecular weight is 256 g/mol. The number of hydrogen-bond donors (Lipinski definition) is 1. The first-order valence-electron chi connectivity index (χ1n) is 5.38. The van der Waals surface area contributed by atoms with Crippen LogP contribution in [0.25, 0.3) is 0 Å². The molecule has 0 aromatic heterocycles. The number of nitrogens with one attached hydrogen (secondary N) is 1. The molecule has 0 radical (unpaired) electrons. The molecule has 2 rings (SSSR count). The van der Waals surface area contributed by atoms with Crippen molar-refractivity contribution in [2.45, 2.75) is 24.6 Å². The number of anilines is 1. The lowest BCUT2D eigenvalue weighted by atomic mass is 10.1. The molecule has 1 heterocycles. The Morgan fingerprint density at radius 2 is 2.35 bits per heavy atom. The van der Waals surface area contributed by atoms with E-state index in [9.17, 15) is 14.5 Å². The molecule has 0 aliphatic carbocycles. The highest BCUT2D eigenvalue weighted by molar-refractivity contribution is 8.00. The fourth-order valence-corrected chi connectivity index (χ4v) is 3.06. The minimum Gasteiger partial charge on any atom is -0.376 e. The molecule has 1 aliphatic heterocycles. The Morgan fingerprint density at radius 3 is 2.94 bits per heavy atom. The van der Waals surface area contributed by atoms with E-state index in [0.717, 1.165) is 18.2 Å². The third-order valence-electron chi connectivity index (χ3n) is 2.71. The van der Waals surface area contributed by atoms with Crippen LogP contribution in [0, 0.1) is 15.9 Å². The molecule has 0 spiro atoms. The van der Waals surface area contributed by atoms with E-state index < -0.39 is 10.7 Å². The molecule has 0 saturated carbocycles. The van der Waals surface area contributed by atoms with Gasteiger partial charge in [-0.05, 0) is 18.6 Å². The van der Waals surface area contributed by atoms with E-state index in [1.165, 1.54) is 12.1 Å². The van der Waals surface area contributed by atoms with Crippen LogP contribution >= 0.6 is 11.8 Å². The van der Waals surface area contributed by atoms with E-state index >= 15 is 0 Å². The molecular formula is C11H13FN2O2S. The molecule has 0 bridgehead atoms. The first kappa shape index (κ1) is 12.2. The highest BCUT2D eigenvalue weighted by Gasteiger charge is 2.24. The maximum absolute atomic E-state index is 12.9. The van der Waals surface area contributed by atoms with Gasteiger partial charge in [-0.3, -0.25) is 10.1 Å². The van der Waals surface area contributed by atoms with Gasteiger partial charge in [0.2, 0.25) is 0 Å². The van der Waals surface area contributed by atoms with Gasteiger partial charge in [0.15, 0.2) is 0 Å². The molecule has 1 aliphatic rings. The molecule has 1 aromatic carbocycles. The summed E-state index contributed by atoms with van der Waals surface area (Å²) in [5, 5.41) is 14.5. The highest BCUT2D eigenvalue weighted by Crippen LogP contribution is 2.31. The molecule has 92 valence electrons. The van der Waals surface area contributed by atoms with Crippen LogP contribution in [0.3, 0.4) is 0 Å². The lowest BCUT2D eigenvalue weighted by Gasteiger charge is -2.13. The molecule has 1 saturated heterocycles. The number of nitro groups is 1. The van der Waals surface area contributed by atoms with Crippen LogP contribution in [-0.4, -0.2) is 22.0 Å². The number of hydrogen-bond acceptors (Lipinski definition) is 4. The van der Waals surface area contributed by atoms with Crippen LogP contribution in [-0.2, 0) is 0 Å². The van der Waals surface area contributed by atoms with Crippen molar-refractivity contribution in [3.05, 3.63) is 34.1 Å². The Morgan fingerprint density at radius 1 is 1.59 bits per heavy atom. The van der Waals surface area contributed by atoms with Gasteiger partial charge in [0.05, 0.1) is 11.0 Å². The molecule has 4 nitrogen and oxygen atoms in total. The van der Waals surface area contributed by atoms with Crippen LogP contribution in [0.5, 0.6) is 0 Å². The maximum Gasteiger partial charge on any atom is 0.295 e. The summed E-state index contributed by atoms with van der Waals surface area (Å²) < 4.78 is 12.9. The average Bonchev–Trinajstić information content (AvgIpc) is 2.66. The van der Waals surface area contributed by atoms with Gasteiger partial charge in [-0.1, -0.05) is 6.92 Å². The standard InChI is InChI=1S/C11H13FN2O2S/c1-7-4-9(6-17-7)13-10-3-2-8(12)5-11(10)14(15)16/h2-3,5,7,9,13H,4,6H2,1H3. The third-order valence-corrected chi connectivity index (χ3v) is 4.07. The van der Waals surface area contributed by atoms with E-state index in [1.807, 2.05) is 11.8 Å². The second kappa shape index (κ2) is 4.91. The van der Waals surface area contributed by atoms with Gasteiger partial charge in [0.25, 0.3) is 5.69 Å². The van der Waals surface area contributed by atoms with E-state index in [4.69, 9.17) is 0 Å². The largest absolute Gasteiger partial charge is 0.376 e. The minimum absolute atomic E-state index is 0.199. The predicted octanol–water partition coefficient (Wildman–Crippen LogP) is 3.04. The van der Waals surface area contributed by atoms with Crippen molar-refractivity contribution in [1.82, 2.24) is 0 Å². The summed E-state index contributed by atoms with van der Waals surface area (Å²) in [4.78, 5) is 10.2. The summed E-state index contributed by atoms with van der Waals surface area (Å²) in [6.45, 7) is 2.13. The van der Waals surface area contributed by atoms with Gasteiger partial charge >= 0.3 is 0 Å². The van der Waals surface area contributed by atoms with Gasteiger partial charge in [-0.2, -0.15) is 11.8 Å². The van der Waals surface area contributed by atoms with Crippen LogP contribution in [0.4, 0.5) is 15.8 Å². The molecular weight excluding hydrogens is 243 g/mol. The summed E-state index contributed by atoms with van der Waals surface area (Å²) in [6, 6.07) is 3.84. The Balaban J connectivity index is 2.17. The molecule has 1 fully saturated rings. The fraction of sp³-hybridized carbons (Fsp3) is 0.455. The van der Waals surface area contributed by atoms with Gasteiger partial charge < -0.3 is 5.32 Å². The zero-order chi connectivity index (χ0) is 12.4. The molecule has 1 aromatic rings. The Labute approximate surface area is 103 Å². The molecule has 17 heavy (non-hydrogen) atoms. The van der Waals surface area contributed by atoms with Crippen molar-refractivity contribution in [2.24, 2.45) is 0 Å². The predicted molar refractivity (Wildman–Crippen MR) is 67.0 cm³/mol. The molecule has 6 heteroatoms. The lowest BCUT2D eigenvalue weighted by Crippen LogP contribution is -2.19. The van der Waals surface area contributed by atoms with Crippen LogP contribution < -0.4 is 5.32 Å². The van der Waals surface area contributed by atoms with Gasteiger partial charge in [-0.25, -0.2) is 4.39 Å². The second-order valence-electron chi connectivity index (χ2n) is 4.14. The van der Waals surface area contributed by atoms with E-state index in [-0.39, 0.29) is 11.7 Å². The Kier molecular flexibility index (Phi) is 3.51. The van der Waals surface area contributed by atoms with Crippen LogP contribution in [0.2, 0.25) is 0 Å².